The van der Waals surface area contributed by atoms with Crippen LogP contribution in [0.3, 0.4) is 0 Å². The van der Waals surface area contributed by atoms with Crippen LogP contribution in [0.15, 0.2) is 110 Å². The van der Waals surface area contributed by atoms with Crippen molar-refractivity contribution in [3.05, 3.63) is 167 Å². The first-order valence-electron chi connectivity index (χ1n) is 20.3. The summed E-state index contributed by atoms with van der Waals surface area (Å²) in [5.74, 6) is 0.945. The number of aromatic nitrogens is 14. The molecule has 2 aliphatic heterocycles. The molecule has 2 aliphatic rings. The number of rotatable bonds is 6. The molecule has 62 heavy (non-hydrogen) atoms. The maximum absolute atomic E-state index is 5.40. The number of H-pyrrole nitrogens is 2. The zero-order valence-corrected chi connectivity index (χ0v) is 34.9. The van der Waals surface area contributed by atoms with Crippen LogP contribution >= 0.6 is 0 Å². The molecule has 0 fully saturated rings. The topological polar surface area (TPSA) is 154 Å². The predicted octanol–water partition coefficient (Wildman–Crippen LogP) is 9.15. The minimum absolute atomic E-state index is 0.472. The molecule has 9 aromatic rings. The molecule has 0 spiro atoms. The number of hydrogen-bond acceptors (Lipinski definition) is 8. The Balaban J connectivity index is 1.38. The average molecular weight is 813 g/mol. The molecule has 0 aliphatic carbocycles. The quantitative estimate of drug-likeness (QED) is 0.169. The Hall–Kier alpha value is -8.26. The Kier molecular flexibility index (Phi) is 8.42. The highest BCUT2D eigenvalue weighted by Crippen LogP contribution is 2.40. The molecule has 0 amide bonds. The van der Waals surface area contributed by atoms with Crippen LogP contribution in [-0.2, 0) is 0 Å². The summed E-state index contributed by atoms with van der Waals surface area (Å²) in [5, 5.41) is 18.7. The van der Waals surface area contributed by atoms with Crippen molar-refractivity contribution >= 4 is 45.9 Å². The standard InChI is InChI=1S/C48H40N14/c1-27-19-29(3)41(30(4)20-27)43-33-23-37(59-15-7-11-49-59)45(53-33)57-47-39(61-17-9-13-51-61)25-35(55-47)44(42-31(5)21-28(2)22-32(42)6)36-26-40(62-18-10-14-52-62)48(56-36)58-46-38(24-34(43)54-46)60-16-8-12-50-60/h7-26H,1-6H3,(H,53,55,57)(H,54,56,58). The van der Waals surface area contributed by atoms with Gasteiger partial charge in [0.2, 0.25) is 0 Å². The summed E-state index contributed by atoms with van der Waals surface area (Å²) < 4.78 is 7.25. The lowest BCUT2D eigenvalue weighted by Crippen LogP contribution is -2.00. The van der Waals surface area contributed by atoms with E-state index in [-0.39, 0.29) is 0 Å². The van der Waals surface area contributed by atoms with Crippen molar-refractivity contribution in [2.24, 2.45) is 0 Å². The van der Waals surface area contributed by atoms with E-state index in [0.29, 0.717) is 45.7 Å². The molecule has 7 aromatic heterocycles. The van der Waals surface area contributed by atoms with Gasteiger partial charge in [0.25, 0.3) is 0 Å². The molecule has 14 heteroatoms. The van der Waals surface area contributed by atoms with E-state index < -0.39 is 0 Å². The minimum Gasteiger partial charge on any atom is -0.338 e. The largest absolute Gasteiger partial charge is 0.338 e. The molecule has 0 unspecified atom stereocenters. The van der Waals surface area contributed by atoms with Crippen molar-refractivity contribution in [3.63, 3.8) is 0 Å². The lowest BCUT2D eigenvalue weighted by Gasteiger charge is -2.13. The third kappa shape index (κ3) is 6.10. The third-order valence-corrected chi connectivity index (χ3v) is 11.4. The lowest BCUT2D eigenvalue weighted by atomic mass is 9.92. The first kappa shape index (κ1) is 36.8. The van der Waals surface area contributed by atoms with Gasteiger partial charge in [-0.05, 0) is 123 Å². The number of nitrogens with zero attached hydrogens (tertiary/aromatic N) is 12. The van der Waals surface area contributed by atoms with Crippen LogP contribution in [-0.4, -0.2) is 69.0 Å². The van der Waals surface area contributed by atoms with Crippen LogP contribution in [0.2, 0.25) is 0 Å². The lowest BCUT2D eigenvalue weighted by molar-refractivity contribution is 0.881. The van der Waals surface area contributed by atoms with Gasteiger partial charge in [-0.15, -0.1) is 0 Å². The summed E-state index contributed by atoms with van der Waals surface area (Å²) >= 11 is 0. The van der Waals surface area contributed by atoms with Gasteiger partial charge >= 0.3 is 0 Å². The van der Waals surface area contributed by atoms with E-state index in [1.807, 2.05) is 58.4 Å². The van der Waals surface area contributed by atoms with E-state index >= 15 is 0 Å². The summed E-state index contributed by atoms with van der Waals surface area (Å²) in [4.78, 5) is 29.0. The smallest absolute Gasteiger partial charge is 0.181 e. The van der Waals surface area contributed by atoms with Gasteiger partial charge in [-0.1, -0.05) is 35.4 Å². The summed E-state index contributed by atoms with van der Waals surface area (Å²) in [7, 11) is 0. The van der Waals surface area contributed by atoms with Gasteiger partial charge in [0.05, 0.1) is 22.4 Å². The van der Waals surface area contributed by atoms with E-state index in [9.17, 15) is 0 Å². The van der Waals surface area contributed by atoms with E-state index in [1.54, 1.807) is 34.2 Å². The molecule has 0 saturated heterocycles. The molecular formula is C48H40N14. The highest BCUT2D eigenvalue weighted by atomic mass is 15.3. The SMILES string of the molecule is Cc1cc(C)c(-c2c3nc(nc4[nH]c(cc4-n4cccn4)c(-c4c(C)cc(C)cc4C)c4nc(nc5[nH]c2cc5-n2cccn2)C(n2cccn2)=C4)C(n2cccn2)=C3)c(C)c1. The van der Waals surface area contributed by atoms with Crippen LogP contribution < -0.4 is 0 Å². The number of aromatic amines is 2. The average Bonchev–Trinajstić information content (AvgIpc) is 4.07. The number of fused-ring (bicyclic) bond motifs is 8. The third-order valence-electron chi connectivity index (χ3n) is 11.4. The van der Waals surface area contributed by atoms with Crippen LogP contribution in [0.1, 0.15) is 56.4 Å². The Bertz CT molecular complexity index is 3170. The Morgan fingerprint density at radius 3 is 1.10 bits per heavy atom. The van der Waals surface area contributed by atoms with Crippen molar-refractivity contribution in [3.8, 4) is 33.6 Å². The fraction of sp³-hybridized carbons (Fsp3) is 0.125. The molecule has 0 radical (unpaired) electrons. The van der Waals surface area contributed by atoms with Gasteiger partial charge in [0, 0.05) is 60.7 Å². The Morgan fingerprint density at radius 2 is 0.758 bits per heavy atom. The molecule has 0 saturated carbocycles. The molecule has 14 nitrogen and oxygen atoms in total. The zero-order valence-electron chi connectivity index (χ0n) is 34.9. The van der Waals surface area contributed by atoms with Crippen molar-refractivity contribution in [2.75, 3.05) is 0 Å². The molecular weight excluding hydrogens is 773 g/mol. The van der Waals surface area contributed by atoms with E-state index in [0.717, 1.165) is 66.9 Å². The van der Waals surface area contributed by atoms with Crippen molar-refractivity contribution in [1.29, 1.82) is 0 Å². The van der Waals surface area contributed by atoms with E-state index in [1.165, 1.54) is 11.1 Å². The van der Waals surface area contributed by atoms with Gasteiger partial charge in [-0.3, -0.25) is 0 Å². The fourth-order valence-corrected chi connectivity index (χ4v) is 9.02. The van der Waals surface area contributed by atoms with Crippen LogP contribution in [0.4, 0.5) is 0 Å². The maximum atomic E-state index is 5.40. The van der Waals surface area contributed by atoms with Crippen molar-refractivity contribution in [1.82, 2.24) is 69.0 Å². The van der Waals surface area contributed by atoms with Gasteiger partial charge in [0.15, 0.2) is 22.9 Å². The normalized spacial score (nSPS) is 12.5. The summed E-state index contributed by atoms with van der Waals surface area (Å²) in [5.41, 5.74) is 17.6. The molecule has 2 N–H and O–H groups in total. The number of benzene rings is 2. The van der Waals surface area contributed by atoms with Gasteiger partial charge < -0.3 is 9.97 Å². The summed E-state index contributed by atoms with van der Waals surface area (Å²) in [6.45, 7) is 12.8. The van der Waals surface area contributed by atoms with Crippen LogP contribution in [0.25, 0.3) is 79.5 Å². The first-order chi connectivity index (χ1) is 30.2. The second-order valence-electron chi connectivity index (χ2n) is 15.9. The van der Waals surface area contributed by atoms with E-state index in [4.69, 9.17) is 19.9 Å². The molecule has 9 heterocycles. The highest BCUT2D eigenvalue weighted by molar-refractivity contribution is 5.98. The van der Waals surface area contributed by atoms with Gasteiger partial charge in [-0.2, -0.15) is 20.4 Å². The molecule has 302 valence electrons. The highest BCUT2D eigenvalue weighted by Gasteiger charge is 2.26. The fourth-order valence-electron chi connectivity index (χ4n) is 9.02. The van der Waals surface area contributed by atoms with Crippen LogP contribution in [0, 0.1) is 41.5 Å². The van der Waals surface area contributed by atoms with Gasteiger partial charge in [0.1, 0.15) is 22.8 Å². The maximum Gasteiger partial charge on any atom is 0.181 e. The summed E-state index contributed by atoms with van der Waals surface area (Å²) in [6, 6.07) is 20.6. The predicted molar refractivity (Wildman–Crippen MR) is 241 cm³/mol. The zero-order chi connectivity index (χ0) is 42.2. The second-order valence-corrected chi connectivity index (χ2v) is 15.9. The number of aryl methyl sites for hydroxylation is 6. The monoisotopic (exact) mass is 812 g/mol. The number of nitrogens with one attached hydrogen (secondary N) is 2. The van der Waals surface area contributed by atoms with Crippen molar-refractivity contribution in [2.45, 2.75) is 41.5 Å². The molecule has 0 atom stereocenters. The van der Waals surface area contributed by atoms with Crippen LogP contribution in [0.5, 0.6) is 0 Å². The van der Waals surface area contributed by atoms with Gasteiger partial charge in [-0.25, -0.2) is 38.7 Å². The Morgan fingerprint density at radius 1 is 0.403 bits per heavy atom. The Labute approximate surface area is 355 Å². The summed E-state index contributed by atoms with van der Waals surface area (Å²) in [6.07, 6.45) is 18.8. The molecule has 11 rings (SSSR count). The number of hydrogen-bond donors (Lipinski definition) is 2. The molecule has 2 aromatic carbocycles. The minimum atomic E-state index is 0.472. The molecule has 8 bridgehead atoms. The second kappa shape index (κ2) is 14.2. The van der Waals surface area contributed by atoms with E-state index in [2.05, 4.69) is 120 Å². The first-order valence-corrected chi connectivity index (χ1v) is 20.3. The van der Waals surface area contributed by atoms with Crippen molar-refractivity contribution < 1.29 is 0 Å².